The number of benzene rings is 2. The van der Waals surface area contributed by atoms with E-state index in [0.29, 0.717) is 11.9 Å². The van der Waals surface area contributed by atoms with E-state index in [0.717, 1.165) is 16.3 Å². The summed E-state index contributed by atoms with van der Waals surface area (Å²) >= 11 is 9.59. The van der Waals surface area contributed by atoms with Gasteiger partial charge in [-0.3, -0.25) is 0 Å². The molecule has 1 nitrogen and oxygen atoms in total. The van der Waals surface area contributed by atoms with Gasteiger partial charge in [-0.05, 0) is 42.7 Å². The van der Waals surface area contributed by atoms with Gasteiger partial charge >= 0.3 is 0 Å². The third kappa shape index (κ3) is 3.52. The Labute approximate surface area is 127 Å². The van der Waals surface area contributed by atoms with Gasteiger partial charge in [-0.25, -0.2) is 0 Å². The van der Waals surface area contributed by atoms with Gasteiger partial charge in [0.15, 0.2) is 0 Å². The molecule has 0 aliphatic heterocycles. The van der Waals surface area contributed by atoms with Gasteiger partial charge in [0.1, 0.15) is 12.4 Å². The quantitative estimate of drug-likeness (QED) is 0.675. The number of hydrogen-bond donors (Lipinski definition) is 0. The number of aryl methyl sites for hydroxylation is 2. The van der Waals surface area contributed by atoms with Crippen molar-refractivity contribution in [3.8, 4) is 5.75 Å². The Kier molecular flexibility index (Phi) is 4.89. The molecule has 0 saturated heterocycles. The van der Waals surface area contributed by atoms with Crippen molar-refractivity contribution in [1.29, 1.82) is 0 Å². The van der Waals surface area contributed by atoms with E-state index in [1.165, 1.54) is 16.7 Å². The van der Waals surface area contributed by atoms with Gasteiger partial charge in [-0.1, -0.05) is 51.8 Å². The van der Waals surface area contributed by atoms with Crippen LogP contribution >= 0.6 is 27.5 Å². The van der Waals surface area contributed by atoms with E-state index in [4.69, 9.17) is 16.3 Å². The topological polar surface area (TPSA) is 9.23 Å². The third-order valence-electron chi connectivity index (χ3n) is 3.18. The maximum absolute atomic E-state index is 6.15. The molecule has 0 aliphatic rings. The predicted octanol–water partition coefficient (Wildman–Crippen LogP) is 5.43. The molecule has 0 bridgehead atoms. The molecular formula is C16H16BrClO. The van der Waals surface area contributed by atoms with Crippen molar-refractivity contribution in [3.63, 3.8) is 0 Å². The monoisotopic (exact) mass is 338 g/mol. The fourth-order valence-corrected chi connectivity index (χ4v) is 2.83. The van der Waals surface area contributed by atoms with Gasteiger partial charge in [0, 0.05) is 15.9 Å². The van der Waals surface area contributed by atoms with Crippen LogP contribution < -0.4 is 4.74 Å². The number of hydrogen-bond acceptors (Lipinski definition) is 1. The number of alkyl halides is 1. The molecule has 0 atom stereocenters. The van der Waals surface area contributed by atoms with E-state index in [9.17, 15) is 0 Å². The number of halogens is 2. The molecule has 0 saturated carbocycles. The molecule has 100 valence electrons. The molecule has 2 aromatic rings. The first kappa shape index (κ1) is 14.4. The Bertz CT molecular complexity index is 581. The van der Waals surface area contributed by atoms with Crippen LogP contribution in [0.3, 0.4) is 0 Å². The highest BCUT2D eigenvalue weighted by Crippen LogP contribution is 2.29. The highest BCUT2D eigenvalue weighted by molar-refractivity contribution is 9.08. The lowest BCUT2D eigenvalue weighted by molar-refractivity contribution is 0.304. The first-order valence-corrected chi connectivity index (χ1v) is 7.64. The molecular weight excluding hydrogens is 324 g/mol. The molecule has 3 heteroatoms. The van der Waals surface area contributed by atoms with Crippen LogP contribution in [0, 0.1) is 13.8 Å². The van der Waals surface area contributed by atoms with Gasteiger partial charge < -0.3 is 4.74 Å². The zero-order valence-electron chi connectivity index (χ0n) is 11.0. The van der Waals surface area contributed by atoms with E-state index >= 15 is 0 Å². The standard InChI is InChI=1S/C16H16BrClO/c1-11-6-7-13(8-12(11)2)10-19-16-5-3-4-15(18)14(16)9-17/h3-8H,9-10H2,1-2H3. The average molecular weight is 340 g/mol. The van der Waals surface area contributed by atoms with E-state index in [1.807, 2.05) is 18.2 Å². The molecule has 0 fully saturated rings. The fourth-order valence-electron chi connectivity index (χ4n) is 1.86. The molecule has 0 amide bonds. The Hall–Kier alpha value is -0.990. The summed E-state index contributed by atoms with van der Waals surface area (Å²) in [5.41, 5.74) is 4.75. The summed E-state index contributed by atoms with van der Waals surface area (Å²) in [5.74, 6) is 0.836. The Morgan fingerprint density at radius 2 is 1.89 bits per heavy atom. The molecule has 0 N–H and O–H groups in total. The van der Waals surface area contributed by atoms with Crippen LogP contribution in [0.4, 0.5) is 0 Å². The molecule has 19 heavy (non-hydrogen) atoms. The normalized spacial score (nSPS) is 10.5. The summed E-state index contributed by atoms with van der Waals surface area (Å²) < 4.78 is 5.88. The number of rotatable bonds is 4. The van der Waals surface area contributed by atoms with Gasteiger partial charge in [0.25, 0.3) is 0 Å². The fraction of sp³-hybridized carbons (Fsp3) is 0.250. The minimum absolute atomic E-state index is 0.557. The van der Waals surface area contributed by atoms with Crippen molar-refractivity contribution in [3.05, 3.63) is 63.7 Å². The SMILES string of the molecule is Cc1ccc(COc2cccc(Cl)c2CBr)cc1C. The first-order chi connectivity index (χ1) is 9.11. The summed E-state index contributed by atoms with van der Waals surface area (Å²) in [6, 6.07) is 12.1. The van der Waals surface area contributed by atoms with Crippen molar-refractivity contribution in [1.82, 2.24) is 0 Å². The van der Waals surface area contributed by atoms with Crippen molar-refractivity contribution < 1.29 is 4.74 Å². The van der Waals surface area contributed by atoms with Gasteiger partial charge in [0.05, 0.1) is 0 Å². The second-order valence-electron chi connectivity index (χ2n) is 4.56. The highest BCUT2D eigenvalue weighted by atomic mass is 79.9. The van der Waals surface area contributed by atoms with Gasteiger partial charge in [-0.15, -0.1) is 0 Å². The third-order valence-corrected chi connectivity index (χ3v) is 4.09. The second-order valence-corrected chi connectivity index (χ2v) is 5.53. The lowest BCUT2D eigenvalue weighted by Crippen LogP contribution is -1.99. The summed E-state index contributed by atoms with van der Waals surface area (Å²) in [4.78, 5) is 0. The maximum Gasteiger partial charge on any atom is 0.125 e. The Morgan fingerprint density at radius 1 is 1.11 bits per heavy atom. The molecule has 0 unspecified atom stereocenters. The van der Waals surface area contributed by atoms with Crippen molar-refractivity contribution in [2.24, 2.45) is 0 Å². The van der Waals surface area contributed by atoms with Crippen LogP contribution in [0.15, 0.2) is 36.4 Å². The predicted molar refractivity (Wildman–Crippen MR) is 84.3 cm³/mol. The van der Waals surface area contributed by atoms with Gasteiger partial charge in [-0.2, -0.15) is 0 Å². The minimum Gasteiger partial charge on any atom is -0.489 e. The van der Waals surface area contributed by atoms with E-state index in [1.54, 1.807) is 0 Å². The largest absolute Gasteiger partial charge is 0.489 e. The maximum atomic E-state index is 6.15. The van der Waals surface area contributed by atoms with Crippen LogP contribution in [-0.4, -0.2) is 0 Å². The second kappa shape index (κ2) is 6.44. The van der Waals surface area contributed by atoms with Gasteiger partial charge in [0.2, 0.25) is 0 Å². The van der Waals surface area contributed by atoms with Crippen LogP contribution in [-0.2, 0) is 11.9 Å². The highest BCUT2D eigenvalue weighted by Gasteiger charge is 2.07. The molecule has 0 aromatic heterocycles. The molecule has 2 aromatic carbocycles. The van der Waals surface area contributed by atoms with Crippen molar-refractivity contribution >= 4 is 27.5 Å². The molecule has 0 heterocycles. The lowest BCUT2D eigenvalue weighted by atomic mass is 10.1. The number of ether oxygens (including phenoxy) is 1. The smallest absolute Gasteiger partial charge is 0.125 e. The molecule has 0 spiro atoms. The zero-order chi connectivity index (χ0) is 13.8. The lowest BCUT2D eigenvalue weighted by Gasteiger charge is -2.12. The first-order valence-electron chi connectivity index (χ1n) is 6.14. The van der Waals surface area contributed by atoms with Crippen molar-refractivity contribution in [2.45, 2.75) is 25.8 Å². The van der Waals surface area contributed by atoms with E-state index in [2.05, 4.69) is 48.0 Å². The molecule has 0 radical (unpaired) electrons. The molecule has 0 aliphatic carbocycles. The summed E-state index contributed by atoms with van der Waals surface area (Å²) in [7, 11) is 0. The minimum atomic E-state index is 0.557. The van der Waals surface area contributed by atoms with Crippen LogP contribution in [0.1, 0.15) is 22.3 Å². The van der Waals surface area contributed by atoms with E-state index in [-0.39, 0.29) is 0 Å². The van der Waals surface area contributed by atoms with Crippen LogP contribution in [0.5, 0.6) is 5.75 Å². The zero-order valence-corrected chi connectivity index (χ0v) is 13.4. The van der Waals surface area contributed by atoms with Crippen LogP contribution in [0.2, 0.25) is 5.02 Å². The summed E-state index contributed by atoms with van der Waals surface area (Å²) in [5, 5.41) is 1.42. The molecule has 2 rings (SSSR count). The van der Waals surface area contributed by atoms with Crippen LogP contribution in [0.25, 0.3) is 0 Å². The van der Waals surface area contributed by atoms with E-state index < -0.39 is 0 Å². The average Bonchev–Trinajstić information content (AvgIpc) is 2.40. The Balaban J connectivity index is 2.14. The summed E-state index contributed by atoms with van der Waals surface area (Å²) in [6.45, 7) is 4.78. The Morgan fingerprint density at radius 3 is 2.58 bits per heavy atom. The van der Waals surface area contributed by atoms with Crippen molar-refractivity contribution in [2.75, 3.05) is 0 Å². The summed E-state index contributed by atoms with van der Waals surface area (Å²) in [6.07, 6.45) is 0.